The van der Waals surface area contributed by atoms with Crippen molar-refractivity contribution in [2.24, 2.45) is 5.41 Å². The molecular weight excluding hydrogens is 467 g/mol. The van der Waals surface area contributed by atoms with E-state index < -0.39 is 11.7 Å². The summed E-state index contributed by atoms with van der Waals surface area (Å²) in [5, 5.41) is 9.36. The van der Waals surface area contributed by atoms with Crippen LogP contribution in [0.25, 0.3) is 5.69 Å². The fraction of sp³-hybridized carbons (Fsp3) is 0.625. The highest BCUT2D eigenvalue weighted by molar-refractivity contribution is 6.30. The van der Waals surface area contributed by atoms with Crippen LogP contribution in [-0.4, -0.2) is 55.3 Å². The SMILES string of the molecule is CC1(C(=O)N2CCC(c3nnc4n3-c3ccc(Cl)cc3CN(C3(C(F)(F)F)CC3)C4)CC2)CC1. The van der Waals surface area contributed by atoms with E-state index in [1.807, 2.05) is 22.5 Å². The Bertz CT molecular complexity index is 1150. The van der Waals surface area contributed by atoms with E-state index in [1.165, 1.54) is 4.90 Å². The molecule has 2 aliphatic heterocycles. The van der Waals surface area contributed by atoms with Crippen LogP contribution >= 0.6 is 11.6 Å². The van der Waals surface area contributed by atoms with E-state index in [-0.39, 0.29) is 43.2 Å². The number of likely N-dealkylation sites (tertiary alicyclic amines) is 1. The molecule has 0 unspecified atom stereocenters. The molecule has 1 saturated heterocycles. The number of carbonyl (C=O) groups is 1. The third kappa shape index (κ3) is 3.46. The first-order valence-electron chi connectivity index (χ1n) is 12.0. The highest BCUT2D eigenvalue weighted by Gasteiger charge is 2.66. The molecule has 2 saturated carbocycles. The Morgan fingerprint density at radius 3 is 2.41 bits per heavy atom. The van der Waals surface area contributed by atoms with Gasteiger partial charge in [-0.2, -0.15) is 13.2 Å². The maximum absolute atomic E-state index is 14.0. The first-order chi connectivity index (χ1) is 16.1. The maximum atomic E-state index is 14.0. The van der Waals surface area contributed by atoms with Crippen LogP contribution in [0.2, 0.25) is 5.02 Å². The molecule has 0 atom stereocenters. The highest BCUT2D eigenvalue weighted by Crippen LogP contribution is 2.55. The Hall–Kier alpha value is -2.13. The molecule has 4 aliphatic rings. The van der Waals surface area contributed by atoms with Crippen molar-refractivity contribution in [2.75, 3.05) is 13.1 Å². The fourth-order valence-electron chi connectivity index (χ4n) is 5.61. The van der Waals surface area contributed by atoms with E-state index in [2.05, 4.69) is 10.2 Å². The second-order valence-electron chi connectivity index (χ2n) is 10.6. The molecule has 0 bridgehead atoms. The third-order valence-electron chi connectivity index (χ3n) is 8.25. The lowest BCUT2D eigenvalue weighted by atomic mass is 9.94. The number of fused-ring (bicyclic) bond motifs is 3. The van der Waals surface area contributed by atoms with E-state index in [0.717, 1.165) is 42.8 Å². The van der Waals surface area contributed by atoms with Gasteiger partial charge in [-0.15, -0.1) is 10.2 Å². The lowest BCUT2D eigenvalue weighted by molar-refractivity contribution is -0.200. The van der Waals surface area contributed by atoms with Gasteiger partial charge in [-0.25, -0.2) is 0 Å². The maximum Gasteiger partial charge on any atom is 0.406 e. The zero-order valence-electron chi connectivity index (χ0n) is 19.0. The summed E-state index contributed by atoms with van der Waals surface area (Å²) in [6, 6.07) is 5.38. The summed E-state index contributed by atoms with van der Waals surface area (Å²) in [6.07, 6.45) is -0.672. The fourth-order valence-corrected chi connectivity index (χ4v) is 5.81. The number of alkyl halides is 3. The van der Waals surface area contributed by atoms with Crippen molar-refractivity contribution in [1.82, 2.24) is 24.6 Å². The number of carbonyl (C=O) groups excluding carboxylic acids is 1. The minimum absolute atomic E-state index is 0.0779. The Morgan fingerprint density at radius 1 is 1.09 bits per heavy atom. The van der Waals surface area contributed by atoms with Crippen molar-refractivity contribution in [3.63, 3.8) is 0 Å². The number of halogens is 4. The summed E-state index contributed by atoms with van der Waals surface area (Å²) in [6.45, 7) is 3.59. The van der Waals surface area contributed by atoms with E-state index in [0.29, 0.717) is 23.9 Å². The zero-order valence-corrected chi connectivity index (χ0v) is 19.8. The Morgan fingerprint density at radius 2 is 1.79 bits per heavy atom. The molecule has 1 amide bonds. The number of hydrogen-bond donors (Lipinski definition) is 0. The van der Waals surface area contributed by atoms with Gasteiger partial charge in [-0.1, -0.05) is 18.5 Å². The molecule has 0 radical (unpaired) electrons. The molecule has 3 heterocycles. The molecule has 10 heteroatoms. The predicted molar refractivity (Wildman–Crippen MR) is 120 cm³/mol. The van der Waals surface area contributed by atoms with Crippen LogP contribution in [0.3, 0.4) is 0 Å². The van der Waals surface area contributed by atoms with Crippen LogP contribution in [0.5, 0.6) is 0 Å². The van der Waals surface area contributed by atoms with Gasteiger partial charge in [0.15, 0.2) is 5.82 Å². The van der Waals surface area contributed by atoms with Gasteiger partial charge in [0.1, 0.15) is 11.4 Å². The lowest BCUT2D eigenvalue weighted by Gasteiger charge is -2.33. The summed E-state index contributed by atoms with van der Waals surface area (Å²) < 4.78 is 43.9. The summed E-state index contributed by atoms with van der Waals surface area (Å²) >= 11 is 6.26. The standard InChI is InChI=1S/C24H27ClF3N5O/c1-22(6-7-22)21(34)31-10-4-15(5-11-31)20-30-29-19-14-32(23(8-9-23)24(26,27)28)13-16-12-17(25)2-3-18(16)33(19)20/h2-3,12,15H,4-11,13-14H2,1H3. The average molecular weight is 494 g/mol. The summed E-state index contributed by atoms with van der Waals surface area (Å²) in [7, 11) is 0. The lowest BCUT2D eigenvalue weighted by Crippen LogP contribution is -2.47. The van der Waals surface area contributed by atoms with Gasteiger partial charge in [0.05, 0.1) is 12.2 Å². The number of hydrogen-bond acceptors (Lipinski definition) is 4. The summed E-state index contributed by atoms with van der Waals surface area (Å²) in [5.74, 6) is 1.62. The first-order valence-corrected chi connectivity index (χ1v) is 12.3. The summed E-state index contributed by atoms with van der Waals surface area (Å²) in [4.78, 5) is 16.2. The predicted octanol–water partition coefficient (Wildman–Crippen LogP) is 4.84. The highest BCUT2D eigenvalue weighted by atomic mass is 35.5. The van der Waals surface area contributed by atoms with Crippen molar-refractivity contribution in [3.8, 4) is 5.69 Å². The average Bonchev–Trinajstić information content (AvgIpc) is 3.71. The molecule has 1 aromatic carbocycles. The number of amides is 1. The first kappa shape index (κ1) is 22.3. The Balaban J connectivity index is 1.32. The van der Waals surface area contributed by atoms with Gasteiger partial charge in [0.25, 0.3) is 0 Å². The molecule has 182 valence electrons. The smallest absolute Gasteiger partial charge is 0.342 e. The van der Waals surface area contributed by atoms with Gasteiger partial charge in [0, 0.05) is 36.0 Å². The molecule has 1 aromatic heterocycles. The van der Waals surface area contributed by atoms with Gasteiger partial charge in [-0.3, -0.25) is 14.3 Å². The Kier molecular flexibility index (Phi) is 4.88. The monoisotopic (exact) mass is 493 g/mol. The minimum Gasteiger partial charge on any atom is -0.342 e. The molecule has 34 heavy (non-hydrogen) atoms. The van der Waals surface area contributed by atoms with Crippen molar-refractivity contribution in [1.29, 1.82) is 0 Å². The molecule has 3 fully saturated rings. The molecule has 0 N–H and O–H groups in total. The van der Waals surface area contributed by atoms with E-state index >= 15 is 0 Å². The third-order valence-corrected chi connectivity index (χ3v) is 8.49. The van der Waals surface area contributed by atoms with E-state index in [9.17, 15) is 18.0 Å². The largest absolute Gasteiger partial charge is 0.406 e. The molecule has 6 rings (SSSR count). The van der Waals surface area contributed by atoms with Crippen LogP contribution < -0.4 is 0 Å². The van der Waals surface area contributed by atoms with Crippen LogP contribution in [0.4, 0.5) is 13.2 Å². The number of nitrogens with zero attached hydrogens (tertiary/aromatic N) is 5. The van der Waals surface area contributed by atoms with Crippen molar-refractivity contribution in [2.45, 2.75) is 76.2 Å². The van der Waals surface area contributed by atoms with Crippen LogP contribution in [0.15, 0.2) is 18.2 Å². The number of rotatable bonds is 3. The Labute approximate surface area is 201 Å². The van der Waals surface area contributed by atoms with E-state index in [4.69, 9.17) is 11.6 Å². The van der Waals surface area contributed by atoms with Crippen LogP contribution in [-0.2, 0) is 17.9 Å². The molecule has 6 nitrogen and oxygen atoms in total. The number of aromatic nitrogens is 3. The van der Waals surface area contributed by atoms with Crippen molar-refractivity contribution in [3.05, 3.63) is 40.4 Å². The number of piperidine rings is 1. The minimum atomic E-state index is -4.30. The van der Waals surface area contributed by atoms with Gasteiger partial charge in [-0.05, 0) is 62.3 Å². The van der Waals surface area contributed by atoms with Crippen LogP contribution in [0, 0.1) is 5.41 Å². The van der Waals surface area contributed by atoms with Crippen molar-refractivity contribution < 1.29 is 18.0 Å². The zero-order chi connectivity index (χ0) is 23.9. The van der Waals surface area contributed by atoms with Gasteiger partial charge < -0.3 is 4.90 Å². The molecule has 2 aliphatic carbocycles. The quantitative estimate of drug-likeness (QED) is 0.614. The summed E-state index contributed by atoms with van der Waals surface area (Å²) in [5.41, 5.74) is -0.447. The van der Waals surface area contributed by atoms with Crippen molar-refractivity contribution >= 4 is 17.5 Å². The molecule has 0 spiro atoms. The van der Waals surface area contributed by atoms with Gasteiger partial charge in [0.2, 0.25) is 5.91 Å². The second-order valence-corrected chi connectivity index (χ2v) is 11.0. The second kappa shape index (κ2) is 7.43. The molecular formula is C24H27ClF3N5O. The van der Waals surface area contributed by atoms with E-state index in [1.54, 1.807) is 12.1 Å². The number of benzene rings is 1. The topological polar surface area (TPSA) is 54.3 Å². The van der Waals surface area contributed by atoms with Gasteiger partial charge >= 0.3 is 6.18 Å². The van der Waals surface area contributed by atoms with Crippen LogP contribution in [0.1, 0.15) is 68.6 Å². The molecule has 2 aromatic rings. The normalized spacial score (nSPS) is 23.7.